The molecule has 1 aliphatic rings. The molecular weight excluding hydrogens is 242 g/mol. The molecular formula is C14H23N3O2. The van der Waals surface area contributed by atoms with E-state index in [-0.39, 0.29) is 11.9 Å². The Morgan fingerprint density at radius 1 is 1.63 bits per heavy atom. The molecule has 0 aromatic carbocycles. The minimum atomic E-state index is -0.0302. The van der Waals surface area contributed by atoms with Crippen LogP contribution in [-0.2, 0) is 0 Å². The van der Waals surface area contributed by atoms with Crippen molar-refractivity contribution in [1.29, 1.82) is 0 Å². The summed E-state index contributed by atoms with van der Waals surface area (Å²) in [6.45, 7) is 8.76. The van der Waals surface area contributed by atoms with Crippen LogP contribution in [0.3, 0.4) is 0 Å². The second kappa shape index (κ2) is 6.19. The topological polar surface area (TPSA) is 58.4 Å². The van der Waals surface area contributed by atoms with Gasteiger partial charge < -0.3 is 14.7 Å². The molecule has 2 rings (SSSR count). The Morgan fingerprint density at radius 2 is 2.42 bits per heavy atom. The predicted molar refractivity (Wildman–Crippen MR) is 73.0 cm³/mol. The molecule has 0 spiro atoms. The van der Waals surface area contributed by atoms with Crippen molar-refractivity contribution >= 4 is 5.91 Å². The molecule has 1 aliphatic heterocycles. The third-order valence-electron chi connectivity index (χ3n) is 3.59. The minimum Gasteiger partial charge on any atom is -0.361 e. The molecule has 5 heteroatoms. The van der Waals surface area contributed by atoms with Gasteiger partial charge >= 0.3 is 0 Å². The highest BCUT2D eigenvalue weighted by atomic mass is 16.5. The fourth-order valence-electron chi connectivity index (χ4n) is 2.50. The van der Waals surface area contributed by atoms with Crippen molar-refractivity contribution in [2.45, 2.75) is 39.7 Å². The summed E-state index contributed by atoms with van der Waals surface area (Å²) in [5.74, 6) is 1.18. The second-order valence-electron chi connectivity index (χ2n) is 5.59. The molecule has 1 aromatic heterocycles. The number of amides is 1. The molecule has 19 heavy (non-hydrogen) atoms. The maximum atomic E-state index is 12.5. The number of hydrogen-bond donors (Lipinski definition) is 1. The van der Waals surface area contributed by atoms with E-state index in [2.05, 4.69) is 10.5 Å². The van der Waals surface area contributed by atoms with Crippen molar-refractivity contribution < 1.29 is 9.32 Å². The van der Waals surface area contributed by atoms with Crippen molar-refractivity contribution in [2.75, 3.05) is 19.6 Å². The average Bonchev–Trinajstić information content (AvgIpc) is 2.83. The third kappa shape index (κ3) is 3.56. The smallest absolute Gasteiger partial charge is 0.276 e. The minimum absolute atomic E-state index is 0.0302. The average molecular weight is 265 g/mol. The van der Waals surface area contributed by atoms with Crippen LogP contribution in [0.25, 0.3) is 0 Å². The van der Waals surface area contributed by atoms with Gasteiger partial charge in [0.25, 0.3) is 5.91 Å². The third-order valence-corrected chi connectivity index (χ3v) is 3.59. The van der Waals surface area contributed by atoms with Crippen molar-refractivity contribution in [2.24, 2.45) is 5.92 Å². The summed E-state index contributed by atoms with van der Waals surface area (Å²) in [4.78, 5) is 14.4. The Bertz CT molecular complexity index is 422. The molecule has 1 unspecified atom stereocenters. The maximum Gasteiger partial charge on any atom is 0.276 e. The van der Waals surface area contributed by atoms with Gasteiger partial charge in [-0.25, -0.2) is 0 Å². The number of nitrogens with one attached hydrogen (secondary N) is 1. The summed E-state index contributed by atoms with van der Waals surface area (Å²) in [5, 5.41) is 7.22. The van der Waals surface area contributed by atoms with Crippen LogP contribution in [0.5, 0.6) is 0 Å². The quantitative estimate of drug-likeness (QED) is 0.902. The number of hydrogen-bond acceptors (Lipinski definition) is 4. The Hall–Kier alpha value is -1.36. The number of rotatable bonds is 4. The molecule has 1 saturated heterocycles. The van der Waals surface area contributed by atoms with Gasteiger partial charge in [-0.3, -0.25) is 4.79 Å². The fraction of sp³-hybridized carbons (Fsp3) is 0.714. The van der Waals surface area contributed by atoms with Crippen LogP contribution in [0.1, 0.15) is 42.9 Å². The van der Waals surface area contributed by atoms with Crippen LogP contribution in [0.4, 0.5) is 0 Å². The zero-order valence-electron chi connectivity index (χ0n) is 12.0. The Kier molecular flexibility index (Phi) is 4.58. The van der Waals surface area contributed by atoms with E-state index < -0.39 is 0 Å². The first kappa shape index (κ1) is 14.1. The molecule has 1 fully saturated rings. The van der Waals surface area contributed by atoms with Crippen LogP contribution >= 0.6 is 0 Å². The van der Waals surface area contributed by atoms with Gasteiger partial charge in [-0.2, -0.15) is 0 Å². The number of aromatic nitrogens is 1. The Balaban J connectivity index is 2.04. The second-order valence-corrected chi connectivity index (χ2v) is 5.59. The lowest BCUT2D eigenvalue weighted by Crippen LogP contribution is -2.44. The van der Waals surface area contributed by atoms with Crippen LogP contribution in [-0.4, -0.2) is 41.6 Å². The van der Waals surface area contributed by atoms with Gasteiger partial charge in [-0.15, -0.1) is 0 Å². The van der Waals surface area contributed by atoms with Crippen molar-refractivity contribution in [3.63, 3.8) is 0 Å². The van der Waals surface area contributed by atoms with E-state index in [1.54, 1.807) is 13.0 Å². The molecule has 0 radical (unpaired) electrons. The number of nitrogens with zero attached hydrogens (tertiary/aromatic N) is 2. The van der Waals surface area contributed by atoms with Gasteiger partial charge in [-0.1, -0.05) is 5.16 Å². The monoisotopic (exact) mass is 265 g/mol. The molecule has 1 atom stereocenters. The highest BCUT2D eigenvalue weighted by Crippen LogP contribution is 2.16. The summed E-state index contributed by atoms with van der Waals surface area (Å²) < 4.78 is 5.00. The molecule has 2 heterocycles. The highest BCUT2D eigenvalue weighted by molar-refractivity contribution is 5.92. The van der Waals surface area contributed by atoms with E-state index in [9.17, 15) is 4.79 Å². The van der Waals surface area contributed by atoms with Crippen molar-refractivity contribution in [3.8, 4) is 0 Å². The number of piperidine rings is 1. The van der Waals surface area contributed by atoms with E-state index in [0.717, 1.165) is 19.6 Å². The molecule has 1 aromatic rings. The van der Waals surface area contributed by atoms with Gasteiger partial charge in [0, 0.05) is 18.7 Å². The molecule has 1 N–H and O–H groups in total. The lowest BCUT2D eigenvalue weighted by molar-refractivity contribution is 0.0650. The number of carbonyl (C=O) groups excluding carboxylic acids is 1. The van der Waals surface area contributed by atoms with Crippen LogP contribution in [0, 0.1) is 12.8 Å². The maximum absolute atomic E-state index is 12.5. The molecule has 106 valence electrons. The molecule has 1 amide bonds. The highest BCUT2D eigenvalue weighted by Gasteiger charge is 2.25. The first-order valence-electron chi connectivity index (χ1n) is 7.03. The van der Waals surface area contributed by atoms with E-state index in [1.807, 2.05) is 18.7 Å². The Morgan fingerprint density at radius 3 is 2.95 bits per heavy atom. The number of aryl methyl sites for hydroxylation is 1. The van der Waals surface area contributed by atoms with Crippen molar-refractivity contribution in [1.82, 2.24) is 15.4 Å². The summed E-state index contributed by atoms with van der Waals surface area (Å²) in [6.07, 6.45) is 2.37. The van der Waals surface area contributed by atoms with E-state index >= 15 is 0 Å². The van der Waals surface area contributed by atoms with Gasteiger partial charge in [0.2, 0.25) is 0 Å². The van der Waals surface area contributed by atoms with E-state index in [0.29, 0.717) is 17.4 Å². The van der Waals surface area contributed by atoms with Crippen molar-refractivity contribution in [3.05, 3.63) is 17.5 Å². The van der Waals surface area contributed by atoms with Gasteiger partial charge in [0.05, 0.1) is 0 Å². The van der Waals surface area contributed by atoms with Crippen LogP contribution in [0.2, 0.25) is 0 Å². The molecule has 0 aliphatic carbocycles. The normalized spacial score (nSPS) is 19.7. The molecule has 0 saturated carbocycles. The first-order valence-corrected chi connectivity index (χ1v) is 7.03. The van der Waals surface area contributed by atoms with Gasteiger partial charge in [-0.05, 0) is 52.6 Å². The van der Waals surface area contributed by atoms with Crippen LogP contribution < -0.4 is 5.32 Å². The lowest BCUT2D eigenvalue weighted by atomic mass is 9.98. The number of carbonyl (C=O) groups is 1. The molecule has 0 bridgehead atoms. The van der Waals surface area contributed by atoms with E-state index in [4.69, 9.17) is 4.52 Å². The molecule has 5 nitrogen and oxygen atoms in total. The standard InChI is InChI=1S/C14H23N3O2/c1-10(2)17(9-12-5-4-6-15-8-12)14(18)13-7-11(3)19-16-13/h7,10,12,15H,4-6,8-9H2,1-3H3. The van der Waals surface area contributed by atoms with E-state index in [1.165, 1.54) is 12.8 Å². The summed E-state index contributed by atoms with van der Waals surface area (Å²) >= 11 is 0. The summed E-state index contributed by atoms with van der Waals surface area (Å²) in [5.41, 5.74) is 0.412. The summed E-state index contributed by atoms with van der Waals surface area (Å²) in [7, 11) is 0. The first-order chi connectivity index (χ1) is 9.08. The van der Waals surface area contributed by atoms with Crippen LogP contribution in [0.15, 0.2) is 10.6 Å². The lowest BCUT2D eigenvalue weighted by Gasteiger charge is -2.32. The zero-order valence-corrected chi connectivity index (χ0v) is 12.0. The predicted octanol–water partition coefficient (Wildman–Crippen LogP) is 1.83. The SMILES string of the molecule is Cc1cc(C(=O)N(CC2CCCNC2)C(C)C)no1. The zero-order chi connectivity index (χ0) is 13.8. The summed E-state index contributed by atoms with van der Waals surface area (Å²) in [6, 6.07) is 1.88. The van der Waals surface area contributed by atoms with Gasteiger partial charge in [0.1, 0.15) is 5.76 Å². The fourth-order valence-corrected chi connectivity index (χ4v) is 2.50. The van der Waals surface area contributed by atoms with Gasteiger partial charge in [0.15, 0.2) is 5.69 Å². The largest absolute Gasteiger partial charge is 0.361 e. The Labute approximate surface area is 114 Å².